The zero-order valence-corrected chi connectivity index (χ0v) is 12.3. The van der Waals surface area contributed by atoms with Crippen LogP contribution in [0.3, 0.4) is 0 Å². The topological polar surface area (TPSA) is 35.2 Å². The number of thiocarbonyl (C=S) groups is 1. The lowest BCUT2D eigenvalue weighted by Gasteiger charge is -2.11. The molecule has 0 atom stereocenters. The number of ether oxygens (including phenoxy) is 1. The Morgan fingerprint density at radius 2 is 1.79 bits per heavy atom. The van der Waals surface area contributed by atoms with E-state index in [2.05, 4.69) is 6.07 Å². The van der Waals surface area contributed by atoms with Gasteiger partial charge in [0.2, 0.25) is 0 Å². The van der Waals surface area contributed by atoms with E-state index in [9.17, 15) is 0 Å². The van der Waals surface area contributed by atoms with Gasteiger partial charge in [0.05, 0.1) is 5.02 Å². The summed E-state index contributed by atoms with van der Waals surface area (Å²) < 4.78 is 5.81. The molecule has 0 aromatic heterocycles. The van der Waals surface area contributed by atoms with Crippen molar-refractivity contribution >= 4 is 28.8 Å². The SMILES string of the molecule is Cc1ccc(Oc2ccc(C(N)=S)cc2Cl)c(C)c1. The Bertz CT molecular complexity index is 640. The monoisotopic (exact) mass is 291 g/mol. The summed E-state index contributed by atoms with van der Waals surface area (Å²) in [6, 6.07) is 11.3. The van der Waals surface area contributed by atoms with Crippen molar-refractivity contribution in [3.8, 4) is 11.5 Å². The summed E-state index contributed by atoms with van der Waals surface area (Å²) >= 11 is 11.1. The van der Waals surface area contributed by atoms with Crippen LogP contribution in [0.2, 0.25) is 5.02 Å². The molecule has 0 amide bonds. The lowest BCUT2D eigenvalue weighted by Crippen LogP contribution is -2.08. The van der Waals surface area contributed by atoms with E-state index in [1.807, 2.05) is 26.0 Å². The van der Waals surface area contributed by atoms with Gasteiger partial charge in [-0.15, -0.1) is 0 Å². The van der Waals surface area contributed by atoms with Gasteiger partial charge in [-0.05, 0) is 43.7 Å². The molecule has 0 saturated heterocycles. The standard InChI is InChI=1S/C15H14ClNOS/c1-9-3-5-13(10(2)7-9)18-14-6-4-11(15(17)19)8-12(14)16/h3-8H,1-2H3,(H2,17,19). The fourth-order valence-electron chi connectivity index (χ4n) is 1.77. The predicted molar refractivity (Wildman–Crippen MR) is 83.3 cm³/mol. The molecule has 4 heteroatoms. The smallest absolute Gasteiger partial charge is 0.146 e. The lowest BCUT2D eigenvalue weighted by atomic mass is 10.1. The third-order valence-corrected chi connectivity index (χ3v) is 3.30. The Balaban J connectivity index is 2.31. The van der Waals surface area contributed by atoms with Crippen LogP contribution in [0.4, 0.5) is 0 Å². The number of benzene rings is 2. The van der Waals surface area contributed by atoms with E-state index in [0.717, 1.165) is 16.9 Å². The van der Waals surface area contributed by atoms with E-state index in [0.29, 0.717) is 15.8 Å². The maximum absolute atomic E-state index is 6.17. The Morgan fingerprint density at radius 1 is 1.11 bits per heavy atom. The second-order valence-electron chi connectivity index (χ2n) is 4.38. The minimum absolute atomic E-state index is 0.319. The van der Waals surface area contributed by atoms with Crippen molar-refractivity contribution in [2.24, 2.45) is 5.73 Å². The van der Waals surface area contributed by atoms with Crippen molar-refractivity contribution in [1.29, 1.82) is 0 Å². The first kappa shape index (κ1) is 13.8. The summed E-state index contributed by atoms with van der Waals surface area (Å²) in [7, 11) is 0. The second-order valence-corrected chi connectivity index (χ2v) is 5.23. The van der Waals surface area contributed by atoms with Crippen LogP contribution in [0.5, 0.6) is 11.5 Å². The zero-order chi connectivity index (χ0) is 14.0. The summed E-state index contributed by atoms with van der Waals surface area (Å²) in [5, 5.41) is 0.491. The second kappa shape index (κ2) is 5.59. The molecule has 98 valence electrons. The molecule has 2 rings (SSSR count). The molecule has 0 radical (unpaired) electrons. The fourth-order valence-corrected chi connectivity index (χ4v) is 2.12. The lowest BCUT2D eigenvalue weighted by molar-refractivity contribution is 0.479. The number of hydrogen-bond acceptors (Lipinski definition) is 2. The normalized spacial score (nSPS) is 10.3. The summed E-state index contributed by atoms with van der Waals surface area (Å²) in [5.74, 6) is 1.38. The zero-order valence-electron chi connectivity index (χ0n) is 10.7. The van der Waals surface area contributed by atoms with Gasteiger partial charge in [-0.3, -0.25) is 0 Å². The molecule has 2 aromatic rings. The summed E-state index contributed by atoms with van der Waals surface area (Å²) in [5.41, 5.74) is 8.55. The first-order valence-corrected chi connectivity index (χ1v) is 6.60. The molecule has 2 nitrogen and oxygen atoms in total. The summed E-state index contributed by atoms with van der Waals surface area (Å²) in [6.07, 6.45) is 0. The largest absolute Gasteiger partial charge is 0.456 e. The third-order valence-electron chi connectivity index (χ3n) is 2.77. The molecule has 0 aliphatic carbocycles. The number of halogens is 1. The molecule has 2 aromatic carbocycles. The third kappa shape index (κ3) is 3.25. The molecule has 0 aliphatic rings. The van der Waals surface area contributed by atoms with E-state index in [1.165, 1.54) is 5.56 Å². The van der Waals surface area contributed by atoms with Gasteiger partial charge in [0.15, 0.2) is 0 Å². The van der Waals surface area contributed by atoms with E-state index in [4.69, 9.17) is 34.3 Å². The first-order valence-electron chi connectivity index (χ1n) is 5.82. The molecule has 0 fully saturated rings. The molecule has 0 bridgehead atoms. The molecular formula is C15H14ClNOS. The molecule has 0 saturated carbocycles. The Hall–Kier alpha value is -1.58. The van der Waals surface area contributed by atoms with Crippen molar-refractivity contribution in [1.82, 2.24) is 0 Å². The van der Waals surface area contributed by atoms with E-state index in [1.54, 1.807) is 18.2 Å². The van der Waals surface area contributed by atoms with Crippen LogP contribution in [0.25, 0.3) is 0 Å². The van der Waals surface area contributed by atoms with Gasteiger partial charge in [-0.25, -0.2) is 0 Å². The first-order chi connectivity index (χ1) is 8.97. The van der Waals surface area contributed by atoms with Crippen molar-refractivity contribution in [2.45, 2.75) is 13.8 Å². The average Bonchev–Trinajstić information content (AvgIpc) is 2.34. The highest BCUT2D eigenvalue weighted by Crippen LogP contribution is 2.32. The number of rotatable bonds is 3. The van der Waals surface area contributed by atoms with Crippen LogP contribution in [0, 0.1) is 13.8 Å². The minimum atomic E-state index is 0.319. The van der Waals surface area contributed by atoms with E-state index in [-0.39, 0.29) is 0 Å². The van der Waals surface area contributed by atoms with Crippen LogP contribution in [0.15, 0.2) is 36.4 Å². The Morgan fingerprint density at radius 3 is 2.37 bits per heavy atom. The van der Waals surface area contributed by atoms with E-state index >= 15 is 0 Å². The van der Waals surface area contributed by atoms with Gasteiger partial charge in [-0.2, -0.15) is 0 Å². The number of nitrogens with two attached hydrogens (primary N) is 1. The number of hydrogen-bond donors (Lipinski definition) is 1. The minimum Gasteiger partial charge on any atom is -0.456 e. The Labute approximate surface area is 123 Å². The van der Waals surface area contributed by atoms with Gasteiger partial charge >= 0.3 is 0 Å². The molecular weight excluding hydrogens is 278 g/mol. The summed E-state index contributed by atoms with van der Waals surface area (Å²) in [4.78, 5) is 0.319. The highest BCUT2D eigenvalue weighted by atomic mass is 35.5. The van der Waals surface area contributed by atoms with Crippen LogP contribution in [-0.4, -0.2) is 4.99 Å². The quantitative estimate of drug-likeness (QED) is 0.852. The van der Waals surface area contributed by atoms with Gasteiger partial charge in [0.1, 0.15) is 16.5 Å². The molecule has 0 heterocycles. The van der Waals surface area contributed by atoms with Crippen molar-refractivity contribution in [2.75, 3.05) is 0 Å². The van der Waals surface area contributed by atoms with Crippen LogP contribution in [-0.2, 0) is 0 Å². The maximum Gasteiger partial charge on any atom is 0.146 e. The van der Waals surface area contributed by atoms with Gasteiger partial charge < -0.3 is 10.5 Å². The fraction of sp³-hybridized carbons (Fsp3) is 0.133. The number of aryl methyl sites for hydroxylation is 2. The average molecular weight is 292 g/mol. The molecule has 0 spiro atoms. The predicted octanol–water partition coefficient (Wildman–Crippen LogP) is 4.38. The maximum atomic E-state index is 6.17. The van der Waals surface area contributed by atoms with Crippen molar-refractivity contribution < 1.29 is 4.74 Å². The van der Waals surface area contributed by atoms with Crippen LogP contribution in [0.1, 0.15) is 16.7 Å². The van der Waals surface area contributed by atoms with Gasteiger partial charge in [-0.1, -0.05) is 41.5 Å². The van der Waals surface area contributed by atoms with Crippen LogP contribution < -0.4 is 10.5 Å². The van der Waals surface area contributed by atoms with Gasteiger partial charge in [0, 0.05) is 5.56 Å². The Kier molecular flexibility index (Phi) is 4.08. The van der Waals surface area contributed by atoms with E-state index < -0.39 is 0 Å². The molecule has 0 unspecified atom stereocenters. The van der Waals surface area contributed by atoms with Crippen LogP contribution >= 0.6 is 23.8 Å². The van der Waals surface area contributed by atoms with Crippen molar-refractivity contribution in [3.63, 3.8) is 0 Å². The highest BCUT2D eigenvalue weighted by molar-refractivity contribution is 7.80. The van der Waals surface area contributed by atoms with Crippen molar-refractivity contribution in [3.05, 3.63) is 58.1 Å². The highest BCUT2D eigenvalue weighted by Gasteiger charge is 2.07. The molecule has 19 heavy (non-hydrogen) atoms. The molecule has 2 N–H and O–H groups in total. The summed E-state index contributed by atoms with van der Waals surface area (Å²) in [6.45, 7) is 4.04. The van der Waals surface area contributed by atoms with Gasteiger partial charge in [0.25, 0.3) is 0 Å². The molecule has 0 aliphatic heterocycles.